The van der Waals surface area contributed by atoms with Crippen LogP contribution >= 0.6 is 0 Å². The van der Waals surface area contributed by atoms with Gasteiger partial charge in [-0.1, -0.05) is 0 Å². The fraction of sp³-hybridized carbons (Fsp3) is 0.889. The molecular weight excluding hydrogens is 170 g/mol. The number of amides is 1. The third-order valence-corrected chi connectivity index (χ3v) is 2.68. The summed E-state index contributed by atoms with van der Waals surface area (Å²) in [4.78, 5) is 11.1. The van der Waals surface area contributed by atoms with Gasteiger partial charge in [-0.3, -0.25) is 0 Å². The van der Waals surface area contributed by atoms with Crippen LogP contribution in [-0.4, -0.2) is 30.9 Å². The molecule has 0 aliphatic carbocycles. The molecule has 3 atom stereocenters. The second kappa shape index (κ2) is 3.54. The molecule has 4 nitrogen and oxygen atoms in total. The van der Waals surface area contributed by atoms with Gasteiger partial charge in [0.2, 0.25) is 0 Å². The predicted molar refractivity (Wildman–Crippen MR) is 46.5 cm³/mol. The van der Waals surface area contributed by atoms with Crippen molar-refractivity contribution in [2.75, 3.05) is 6.61 Å². The Bertz CT molecular complexity index is 207. The molecule has 0 aromatic rings. The number of ether oxygens (including phenoxy) is 2. The number of hydrogen-bond acceptors (Lipinski definition) is 3. The second-order valence-corrected chi connectivity index (χ2v) is 3.58. The van der Waals surface area contributed by atoms with Crippen LogP contribution in [0.2, 0.25) is 0 Å². The van der Waals surface area contributed by atoms with Crippen LogP contribution in [0, 0.1) is 0 Å². The van der Waals surface area contributed by atoms with E-state index in [2.05, 4.69) is 5.32 Å². The van der Waals surface area contributed by atoms with Gasteiger partial charge in [0.15, 0.2) is 0 Å². The largest absolute Gasteiger partial charge is 0.450 e. The molecule has 4 heteroatoms. The van der Waals surface area contributed by atoms with E-state index in [1.807, 2.05) is 0 Å². The Morgan fingerprint density at radius 3 is 3.00 bits per heavy atom. The van der Waals surface area contributed by atoms with E-state index >= 15 is 0 Å². The lowest BCUT2D eigenvalue weighted by molar-refractivity contribution is 0.0940. The molecule has 2 saturated heterocycles. The minimum absolute atomic E-state index is 0.179. The molecule has 1 amide bonds. The van der Waals surface area contributed by atoms with Gasteiger partial charge in [0.1, 0.15) is 0 Å². The fourth-order valence-corrected chi connectivity index (χ4v) is 2.11. The van der Waals surface area contributed by atoms with Gasteiger partial charge >= 0.3 is 6.09 Å². The van der Waals surface area contributed by atoms with Crippen molar-refractivity contribution >= 4 is 6.09 Å². The molecular formula is C9H15NO3. The van der Waals surface area contributed by atoms with Crippen molar-refractivity contribution in [3.05, 3.63) is 0 Å². The summed E-state index contributed by atoms with van der Waals surface area (Å²) in [5.74, 6) is 0. The average Bonchev–Trinajstić information content (AvgIpc) is 2.65. The third kappa shape index (κ3) is 1.77. The number of alkyl carbamates (subject to hydrolysis) is 1. The number of fused-ring (bicyclic) bond motifs is 2. The fourth-order valence-electron chi connectivity index (χ4n) is 2.11. The van der Waals surface area contributed by atoms with E-state index in [0.29, 0.717) is 12.7 Å². The van der Waals surface area contributed by atoms with Gasteiger partial charge in [0, 0.05) is 0 Å². The number of nitrogens with one attached hydrogen (secondary N) is 1. The highest BCUT2D eigenvalue weighted by molar-refractivity contribution is 5.67. The topological polar surface area (TPSA) is 47.6 Å². The first-order valence-corrected chi connectivity index (χ1v) is 4.88. The molecule has 0 aromatic heterocycles. The Labute approximate surface area is 77.6 Å². The molecule has 2 rings (SSSR count). The van der Waals surface area contributed by atoms with Gasteiger partial charge in [-0.05, 0) is 26.2 Å². The van der Waals surface area contributed by atoms with E-state index in [9.17, 15) is 4.79 Å². The molecule has 13 heavy (non-hydrogen) atoms. The Morgan fingerprint density at radius 1 is 1.62 bits per heavy atom. The van der Waals surface area contributed by atoms with Crippen LogP contribution in [0.25, 0.3) is 0 Å². The maximum Gasteiger partial charge on any atom is 0.407 e. The molecule has 2 heterocycles. The Kier molecular flexibility index (Phi) is 2.40. The summed E-state index contributed by atoms with van der Waals surface area (Å²) >= 11 is 0. The first kappa shape index (κ1) is 8.81. The van der Waals surface area contributed by atoms with Crippen molar-refractivity contribution in [1.29, 1.82) is 0 Å². The standard InChI is InChI=1S/C9H15NO3/c1-2-12-9(11)10-7-5-6-3-4-8(7)13-6/h6-8H,2-5H2,1H3,(H,10,11)/t6-,7+,8-/m1/s1. The van der Waals surface area contributed by atoms with Crippen molar-refractivity contribution < 1.29 is 14.3 Å². The molecule has 2 aliphatic rings. The molecule has 2 bridgehead atoms. The van der Waals surface area contributed by atoms with E-state index in [1.165, 1.54) is 0 Å². The van der Waals surface area contributed by atoms with Crippen LogP contribution in [0.1, 0.15) is 26.2 Å². The molecule has 0 radical (unpaired) electrons. The molecule has 2 aliphatic heterocycles. The molecule has 2 fully saturated rings. The average molecular weight is 185 g/mol. The van der Waals surface area contributed by atoms with Crippen LogP contribution < -0.4 is 5.32 Å². The summed E-state index contributed by atoms with van der Waals surface area (Å²) < 4.78 is 10.4. The Morgan fingerprint density at radius 2 is 2.46 bits per heavy atom. The smallest absolute Gasteiger partial charge is 0.407 e. The van der Waals surface area contributed by atoms with Gasteiger partial charge in [-0.25, -0.2) is 4.79 Å². The monoisotopic (exact) mass is 185 g/mol. The number of rotatable bonds is 2. The van der Waals surface area contributed by atoms with Gasteiger partial charge < -0.3 is 14.8 Å². The zero-order valence-electron chi connectivity index (χ0n) is 7.79. The van der Waals surface area contributed by atoms with Gasteiger partial charge in [0.05, 0.1) is 24.9 Å². The normalized spacial score (nSPS) is 36.2. The molecule has 74 valence electrons. The minimum atomic E-state index is -0.316. The van der Waals surface area contributed by atoms with Crippen LogP contribution in [0.15, 0.2) is 0 Å². The van der Waals surface area contributed by atoms with Crippen LogP contribution in [0.3, 0.4) is 0 Å². The zero-order valence-corrected chi connectivity index (χ0v) is 7.79. The maximum absolute atomic E-state index is 11.1. The van der Waals surface area contributed by atoms with E-state index in [0.717, 1.165) is 19.3 Å². The van der Waals surface area contributed by atoms with Crippen molar-refractivity contribution in [3.63, 3.8) is 0 Å². The third-order valence-electron chi connectivity index (χ3n) is 2.68. The Hall–Kier alpha value is -0.770. The molecule has 0 spiro atoms. The van der Waals surface area contributed by atoms with Crippen molar-refractivity contribution in [2.45, 2.75) is 44.4 Å². The summed E-state index contributed by atoms with van der Waals surface area (Å²) in [5.41, 5.74) is 0. The van der Waals surface area contributed by atoms with Crippen LogP contribution in [0.5, 0.6) is 0 Å². The molecule has 0 saturated carbocycles. The lowest BCUT2D eigenvalue weighted by Crippen LogP contribution is -2.41. The van der Waals surface area contributed by atoms with Crippen LogP contribution in [0.4, 0.5) is 4.79 Å². The van der Waals surface area contributed by atoms with E-state index in [4.69, 9.17) is 9.47 Å². The summed E-state index contributed by atoms with van der Waals surface area (Å²) in [6.07, 6.45) is 3.45. The predicted octanol–water partition coefficient (Wildman–Crippen LogP) is 1.05. The number of carbonyl (C=O) groups is 1. The van der Waals surface area contributed by atoms with E-state index in [-0.39, 0.29) is 18.2 Å². The van der Waals surface area contributed by atoms with Gasteiger partial charge in [-0.15, -0.1) is 0 Å². The quantitative estimate of drug-likeness (QED) is 0.699. The Balaban J connectivity index is 1.79. The van der Waals surface area contributed by atoms with Crippen molar-refractivity contribution in [1.82, 2.24) is 5.32 Å². The molecule has 1 N–H and O–H groups in total. The van der Waals surface area contributed by atoms with Gasteiger partial charge in [-0.2, -0.15) is 0 Å². The highest BCUT2D eigenvalue weighted by atomic mass is 16.5. The van der Waals surface area contributed by atoms with Gasteiger partial charge in [0.25, 0.3) is 0 Å². The number of carbonyl (C=O) groups excluding carboxylic acids is 1. The number of hydrogen-bond donors (Lipinski definition) is 1. The summed E-state index contributed by atoms with van der Waals surface area (Å²) in [6.45, 7) is 2.23. The second-order valence-electron chi connectivity index (χ2n) is 3.58. The first-order chi connectivity index (χ1) is 6.29. The van der Waals surface area contributed by atoms with Crippen molar-refractivity contribution in [3.8, 4) is 0 Å². The van der Waals surface area contributed by atoms with E-state index in [1.54, 1.807) is 6.92 Å². The SMILES string of the molecule is CCOC(=O)N[C@H]1C[C@H]2CC[C@H]1O2. The highest BCUT2D eigenvalue weighted by Gasteiger charge is 2.41. The molecule has 0 aromatic carbocycles. The minimum Gasteiger partial charge on any atom is -0.450 e. The maximum atomic E-state index is 11.1. The lowest BCUT2D eigenvalue weighted by atomic mass is 9.96. The first-order valence-electron chi connectivity index (χ1n) is 4.88. The van der Waals surface area contributed by atoms with Crippen LogP contribution in [-0.2, 0) is 9.47 Å². The lowest BCUT2D eigenvalue weighted by Gasteiger charge is -2.19. The zero-order chi connectivity index (χ0) is 9.26. The molecule has 0 unspecified atom stereocenters. The summed E-state index contributed by atoms with van der Waals surface area (Å²) in [5, 5.41) is 2.83. The highest BCUT2D eigenvalue weighted by Crippen LogP contribution is 2.34. The summed E-state index contributed by atoms with van der Waals surface area (Å²) in [6, 6.07) is 0.179. The van der Waals surface area contributed by atoms with Crippen molar-refractivity contribution in [2.24, 2.45) is 0 Å². The van der Waals surface area contributed by atoms with E-state index < -0.39 is 0 Å². The summed E-state index contributed by atoms with van der Waals surface area (Å²) in [7, 11) is 0.